The van der Waals surface area contributed by atoms with Gasteiger partial charge < -0.3 is 9.75 Å². The average molecular weight is 329 g/mol. The first-order valence-corrected chi connectivity index (χ1v) is 8.04. The fourth-order valence-corrected chi connectivity index (χ4v) is 2.98. The molecule has 0 aliphatic rings. The number of nitrogens with zero attached hydrogens (tertiary/aromatic N) is 4. The molecule has 2 N–H and O–H groups in total. The molecule has 0 aliphatic carbocycles. The molecule has 7 heteroatoms. The molecule has 1 aromatic carbocycles. The number of hydrogen-bond acceptors (Lipinski definition) is 6. The maximum Gasteiger partial charge on any atom is 0.233 e. The highest BCUT2D eigenvalue weighted by molar-refractivity contribution is 7.13. The molecule has 0 saturated heterocycles. The fourth-order valence-electron chi connectivity index (χ4n) is 2.29. The van der Waals surface area contributed by atoms with Gasteiger partial charge in [-0.2, -0.15) is 0 Å². The molecule has 0 aliphatic heterocycles. The van der Waals surface area contributed by atoms with E-state index in [1.807, 2.05) is 57.6 Å². The van der Waals surface area contributed by atoms with Gasteiger partial charge in [0.05, 0.1) is 5.69 Å². The summed E-state index contributed by atoms with van der Waals surface area (Å²) in [6.45, 7) is 4.48. The number of benzene rings is 1. The van der Waals surface area contributed by atoms with E-state index in [4.69, 9.17) is 10.6 Å². The SMILES string of the molecule is Cc1cnc(-n2ccc(OCc3c(C)cccc3N(C)N)n2)s1. The highest BCUT2D eigenvalue weighted by Gasteiger charge is 2.10. The second-order valence-electron chi connectivity index (χ2n) is 5.32. The smallest absolute Gasteiger partial charge is 0.233 e. The van der Waals surface area contributed by atoms with Gasteiger partial charge in [0, 0.05) is 35.9 Å². The van der Waals surface area contributed by atoms with Crippen LogP contribution in [0.4, 0.5) is 5.69 Å². The number of hydrazine groups is 1. The van der Waals surface area contributed by atoms with Crippen LogP contribution in [0.5, 0.6) is 5.88 Å². The summed E-state index contributed by atoms with van der Waals surface area (Å²) < 4.78 is 7.56. The first-order valence-electron chi connectivity index (χ1n) is 7.23. The lowest BCUT2D eigenvalue weighted by molar-refractivity contribution is 0.291. The molecule has 2 aromatic heterocycles. The molecular formula is C16H19N5OS. The summed E-state index contributed by atoms with van der Waals surface area (Å²) in [4.78, 5) is 5.46. The van der Waals surface area contributed by atoms with E-state index in [9.17, 15) is 0 Å². The maximum absolute atomic E-state index is 5.89. The zero-order valence-electron chi connectivity index (χ0n) is 13.4. The van der Waals surface area contributed by atoms with Gasteiger partial charge >= 0.3 is 0 Å². The van der Waals surface area contributed by atoms with Crippen molar-refractivity contribution in [2.24, 2.45) is 5.84 Å². The van der Waals surface area contributed by atoms with Gasteiger partial charge in [-0.1, -0.05) is 12.1 Å². The largest absolute Gasteiger partial charge is 0.472 e. The van der Waals surface area contributed by atoms with Crippen molar-refractivity contribution in [2.45, 2.75) is 20.5 Å². The second-order valence-corrected chi connectivity index (χ2v) is 6.54. The van der Waals surface area contributed by atoms with Gasteiger partial charge in [0.2, 0.25) is 11.0 Å². The van der Waals surface area contributed by atoms with Crippen LogP contribution in [0.15, 0.2) is 36.7 Å². The summed E-state index contributed by atoms with van der Waals surface area (Å²) >= 11 is 1.59. The summed E-state index contributed by atoms with van der Waals surface area (Å²) in [5.74, 6) is 6.45. The summed E-state index contributed by atoms with van der Waals surface area (Å²) in [5, 5.41) is 6.84. The first-order chi connectivity index (χ1) is 11.0. The monoisotopic (exact) mass is 329 g/mol. The minimum Gasteiger partial charge on any atom is -0.472 e. The maximum atomic E-state index is 5.89. The van der Waals surface area contributed by atoms with E-state index in [0.29, 0.717) is 12.5 Å². The molecule has 2 heterocycles. The number of anilines is 1. The number of thiazole rings is 1. The number of aryl methyl sites for hydroxylation is 2. The number of aromatic nitrogens is 3. The van der Waals surface area contributed by atoms with Crippen LogP contribution >= 0.6 is 11.3 Å². The Bertz CT molecular complexity index is 808. The third-order valence-corrected chi connectivity index (χ3v) is 4.40. The molecule has 0 unspecified atom stereocenters. The Morgan fingerprint density at radius 3 is 2.83 bits per heavy atom. The van der Waals surface area contributed by atoms with Crippen LogP contribution in [0.25, 0.3) is 5.13 Å². The Hall–Kier alpha value is -2.38. The lowest BCUT2D eigenvalue weighted by atomic mass is 10.1. The van der Waals surface area contributed by atoms with Crippen molar-refractivity contribution >= 4 is 17.0 Å². The summed E-state index contributed by atoms with van der Waals surface area (Å²) in [6.07, 6.45) is 3.68. The van der Waals surface area contributed by atoms with Gasteiger partial charge in [-0.25, -0.2) is 15.5 Å². The van der Waals surface area contributed by atoms with E-state index < -0.39 is 0 Å². The Morgan fingerprint density at radius 1 is 1.30 bits per heavy atom. The van der Waals surface area contributed by atoms with Crippen molar-refractivity contribution in [3.63, 3.8) is 0 Å². The third-order valence-electron chi connectivity index (χ3n) is 3.50. The third kappa shape index (κ3) is 3.35. The number of rotatable bonds is 5. The van der Waals surface area contributed by atoms with Crippen LogP contribution < -0.4 is 15.6 Å². The Balaban J connectivity index is 1.76. The van der Waals surface area contributed by atoms with Crippen LogP contribution in [0, 0.1) is 13.8 Å². The molecule has 0 radical (unpaired) electrons. The standard InChI is InChI=1S/C16H19N5OS/c1-11-5-4-6-14(20(3)17)13(11)10-22-15-7-8-21(19-15)16-18-9-12(2)23-16/h4-9H,10,17H2,1-3H3. The van der Waals surface area contributed by atoms with Crippen LogP contribution in [0.2, 0.25) is 0 Å². The molecule has 120 valence electrons. The molecule has 0 atom stereocenters. The minimum absolute atomic E-state index is 0.414. The molecular weight excluding hydrogens is 310 g/mol. The predicted molar refractivity (Wildman–Crippen MR) is 92.1 cm³/mol. The van der Waals surface area contributed by atoms with Crippen molar-refractivity contribution in [1.29, 1.82) is 0 Å². The molecule has 0 amide bonds. The fraction of sp³-hybridized carbons (Fsp3) is 0.250. The predicted octanol–water partition coefficient (Wildman–Crippen LogP) is 2.83. The molecule has 3 rings (SSSR count). The Kier molecular flexibility index (Phi) is 4.31. The highest BCUT2D eigenvalue weighted by Crippen LogP contribution is 2.23. The van der Waals surface area contributed by atoms with Crippen molar-refractivity contribution in [3.8, 4) is 11.0 Å². The van der Waals surface area contributed by atoms with E-state index in [-0.39, 0.29) is 0 Å². The zero-order valence-corrected chi connectivity index (χ0v) is 14.2. The lowest BCUT2D eigenvalue weighted by Crippen LogP contribution is -2.26. The van der Waals surface area contributed by atoms with Crippen LogP contribution in [-0.4, -0.2) is 21.8 Å². The van der Waals surface area contributed by atoms with E-state index in [2.05, 4.69) is 10.1 Å². The first kappa shape index (κ1) is 15.5. The van der Waals surface area contributed by atoms with Crippen molar-refractivity contribution < 1.29 is 4.74 Å². The topological polar surface area (TPSA) is 69.2 Å². The van der Waals surface area contributed by atoms with Crippen LogP contribution in [0.1, 0.15) is 16.0 Å². The van der Waals surface area contributed by atoms with Crippen LogP contribution in [0.3, 0.4) is 0 Å². The van der Waals surface area contributed by atoms with Crippen LogP contribution in [-0.2, 0) is 6.61 Å². The Morgan fingerprint density at radius 2 is 2.13 bits per heavy atom. The van der Waals surface area contributed by atoms with E-state index in [1.165, 1.54) is 0 Å². The average Bonchev–Trinajstić information content (AvgIpc) is 3.14. The van der Waals surface area contributed by atoms with Crippen molar-refractivity contribution in [2.75, 3.05) is 12.1 Å². The zero-order chi connectivity index (χ0) is 16.4. The minimum atomic E-state index is 0.414. The molecule has 3 aromatic rings. The van der Waals surface area contributed by atoms with Crippen molar-refractivity contribution in [3.05, 3.63) is 52.7 Å². The number of ether oxygens (including phenoxy) is 1. The van der Waals surface area contributed by atoms with E-state index in [0.717, 1.165) is 26.8 Å². The molecule has 6 nitrogen and oxygen atoms in total. The quantitative estimate of drug-likeness (QED) is 0.576. The number of nitrogens with two attached hydrogens (primary N) is 1. The molecule has 0 spiro atoms. The summed E-state index contributed by atoms with van der Waals surface area (Å²) in [7, 11) is 1.82. The van der Waals surface area contributed by atoms with E-state index in [1.54, 1.807) is 21.0 Å². The summed E-state index contributed by atoms with van der Waals surface area (Å²) in [5.41, 5.74) is 3.13. The molecule has 0 fully saturated rings. The normalized spacial score (nSPS) is 10.8. The van der Waals surface area contributed by atoms with Gasteiger partial charge in [0.15, 0.2) is 0 Å². The van der Waals surface area contributed by atoms with E-state index >= 15 is 0 Å². The van der Waals surface area contributed by atoms with Gasteiger partial charge in [0.25, 0.3) is 0 Å². The lowest BCUT2D eigenvalue weighted by Gasteiger charge is -2.18. The van der Waals surface area contributed by atoms with Gasteiger partial charge in [-0.05, 0) is 25.5 Å². The summed E-state index contributed by atoms with van der Waals surface area (Å²) in [6, 6.07) is 7.84. The second kappa shape index (κ2) is 6.39. The van der Waals surface area contributed by atoms with Gasteiger partial charge in [0.1, 0.15) is 6.61 Å². The van der Waals surface area contributed by atoms with Crippen molar-refractivity contribution in [1.82, 2.24) is 14.8 Å². The van der Waals surface area contributed by atoms with Gasteiger partial charge in [-0.3, -0.25) is 0 Å². The molecule has 0 saturated carbocycles. The molecule has 23 heavy (non-hydrogen) atoms. The number of hydrogen-bond donors (Lipinski definition) is 1. The Labute approximate surface area is 139 Å². The van der Waals surface area contributed by atoms with Gasteiger partial charge in [-0.15, -0.1) is 16.4 Å². The highest BCUT2D eigenvalue weighted by atomic mass is 32.1. The molecule has 0 bridgehead atoms.